The van der Waals surface area contributed by atoms with Gasteiger partial charge in [-0.3, -0.25) is 4.72 Å². The minimum Gasteiger partial charge on any atom is -0.282 e. The van der Waals surface area contributed by atoms with Crippen LogP contribution in [0.3, 0.4) is 0 Å². The molecule has 1 aromatic rings. The number of alkyl halides is 1. The molecular formula is C9H10Br2ClNO2S. The fourth-order valence-electron chi connectivity index (χ4n) is 1.04. The van der Waals surface area contributed by atoms with E-state index >= 15 is 0 Å². The lowest BCUT2D eigenvalue weighted by molar-refractivity contribution is 0.600. The Morgan fingerprint density at radius 1 is 1.31 bits per heavy atom. The van der Waals surface area contributed by atoms with Crippen molar-refractivity contribution in [3.05, 3.63) is 27.1 Å². The van der Waals surface area contributed by atoms with E-state index < -0.39 is 10.0 Å². The van der Waals surface area contributed by atoms with Gasteiger partial charge in [-0.15, -0.1) is 11.6 Å². The van der Waals surface area contributed by atoms with Gasteiger partial charge in [0.2, 0.25) is 10.0 Å². The van der Waals surface area contributed by atoms with Crippen LogP contribution in [0, 0.1) is 0 Å². The first-order valence-electron chi connectivity index (χ1n) is 4.46. The van der Waals surface area contributed by atoms with Crippen molar-refractivity contribution >= 4 is 59.2 Å². The molecule has 3 nitrogen and oxygen atoms in total. The number of rotatable bonds is 5. The summed E-state index contributed by atoms with van der Waals surface area (Å²) in [7, 11) is -3.31. The van der Waals surface area contributed by atoms with Gasteiger partial charge in [-0.25, -0.2) is 8.42 Å². The van der Waals surface area contributed by atoms with Crippen molar-refractivity contribution in [2.24, 2.45) is 0 Å². The van der Waals surface area contributed by atoms with Crippen molar-refractivity contribution < 1.29 is 8.42 Å². The van der Waals surface area contributed by atoms with Crippen LogP contribution in [0.2, 0.25) is 0 Å². The maximum absolute atomic E-state index is 11.6. The largest absolute Gasteiger partial charge is 0.282 e. The minimum absolute atomic E-state index is 0.0268. The molecule has 1 rings (SSSR count). The number of sulfonamides is 1. The van der Waals surface area contributed by atoms with E-state index in [2.05, 4.69) is 36.6 Å². The summed E-state index contributed by atoms with van der Waals surface area (Å²) in [6.45, 7) is 0. The van der Waals surface area contributed by atoms with Crippen LogP contribution < -0.4 is 4.72 Å². The molecular weight excluding hydrogens is 381 g/mol. The topological polar surface area (TPSA) is 46.2 Å². The fraction of sp³-hybridized carbons (Fsp3) is 0.333. The molecule has 0 aliphatic rings. The Hall–Kier alpha value is 0.220. The van der Waals surface area contributed by atoms with Crippen LogP contribution in [0.5, 0.6) is 0 Å². The number of hydrogen-bond donors (Lipinski definition) is 1. The van der Waals surface area contributed by atoms with E-state index in [0.717, 1.165) is 4.47 Å². The van der Waals surface area contributed by atoms with Gasteiger partial charge in [-0.05, 0) is 40.5 Å². The Morgan fingerprint density at radius 3 is 2.56 bits per heavy atom. The molecule has 0 fully saturated rings. The van der Waals surface area contributed by atoms with Gasteiger partial charge < -0.3 is 0 Å². The molecule has 0 bridgehead atoms. The van der Waals surface area contributed by atoms with Crippen molar-refractivity contribution in [2.45, 2.75) is 6.42 Å². The molecule has 1 aromatic carbocycles. The van der Waals surface area contributed by atoms with Crippen molar-refractivity contribution in [3.8, 4) is 0 Å². The molecule has 0 spiro atoms. The lowest BCUT2D eigenvalue weighted by atomic mass is 10.3. The molecule has 0 aromatic heterocycles. The van der Waals surface area contributed by atoms with E-state index in [1.54, 1.807) is 18.2 Å². The smallest absolute Gasteiger partial charge is 0.232 e. The molecule has 0 unspecified atom stereocenters. The molecule has 0 aliphatic carbocycles. The van der Waals surface area contributed by atoms with Crippen molar-refractivity contribution in [1.82, 2.24) is 0 Å². The molecule has 90 valence electrons. The molecule has 16 heavy (non-hydrogen) atoms. The Kier molecular flexibility index (Phi) is 5.56. The molecule has 1 N–H and O–H groups in total. The first-order valence-corrected chi connectivity index (χ1v) is 8.23. The second-order valence-corrected chi connectivity index (χ2v) is 7.08. The van der Waals surface area contributed by atoms with Crippen LogP contribution in [0.4, 0.5) is 5.69 Å². The summed E-state index contributed by atoms with van der Waals surface area (Å²) >= 11 is 12.0. The highest BCUT2D eigenvalue weighted by Gasteiger charge is 2.11. The first-order chi connectivity index (χ1) is 7.44. The number of halogens is 3. The third-order valence-electron chi connectivity index (χ3n) is 1.74. The Bertz CT molecular complexity index is 465. The van der Waals surface area contributed by atoms with Crippen molar-refractivity contribution in [3.63, 3.8) is 0 Å². The summed E-state index contributed by atoms with van der Waals surface area (Å²) in [5.74, 6) is 0.363. The number of hydrogen-bond acceptors (Lipinski definition) is 2. The van der Waals surface area contributed by atoms with E-state index in [1.165, 1.54) is 0 Å². The highest BCUT2D eigenvalue weighted by Crippen LogP contribution is 2.26. The Labute approximate surface area is 117 Å². The predicted molar refractivity (Wildman–Crippen MR) is 74.6 cm³/mol. The zero-order valence-corrected chi connectivity index (χ0v) is 13.0. The zero-order chi connectivity index (χ0) is 12.2. The van der Waals surface area contributed by atoms with E-state index in [1.807, 2.05) is 0 Å². The average molecular weight is 392 g/mol. The standard InChI is InChI=1S/C9H10Br2ClNO2S/c10-7-2-3-9(8(11)6-7)13-16(14,15)5-1-4-12/h2-3,6,13H,1,4-5H2. The van der Waals surface area contributed by atoms with E-state index in [-0.39, 0.29) is 5.75 Å². The minimum atomic E-state index is -3.31. The van der Waals surface area contributed by atoms with Crippen LogP contribution in [-0.4, -0.2) is 20.1 Å². The normalized spacial score (nSPS) is 11.4. The lowest BCUT2D eigenvalue weighted by Crippen LogP contribution is -2.17. The predicted octanol–water partition coefficient (Wildman–Crippen LogP) is 3.58. The summed E-state index contributed by atoms with van der Waals surface area (Å²) in [6, 6.07) is 5.23. The quantitative estimate of drug-likeness (QED) is 0.780. The van der Waals surface area contributed by atoms with E-state index in [0.29, 0.717) is 22.5 Å². The average Bonchev–Trinajstić information content (AvgIpc) is 2.19. The highest BCUT2D eigenvalue weighted by atomic mass is 79.9. The van der Waals surface area contributed by atoms with Crippen LogP contribution in [-0.2, 0) is 10.0 Å². The van der Waals surface area contributed by atoms with E-state index in [4.69, 9.17) is 11.6 Å². The molecule has 0 saturated heterocycles. The molecule has 0 saturated carbocycles. The number of benzene rings is 1. The third kappa shape index (κ3) is 4.61. The SMILES string of the molecule is O=S(=O)(CCCCl)Nc1ccc(Br)cc1Br. The van der Waals surface area contributed by atoms with E-state index in [9.17, 15) is 8.42 Å². The first kappa shape index (κ1) is 14.3. The second kappa shape index (κ2) is 6.23. The van der Waals surface area contributed by atoms with Gasteiger partial charge in [0.25, 0.3) is 0 Å². The van der Waals surface area contributed by atoms with Gasteiger partial charge in [0.1, 0.15) is 0 Å². The van der Waals surface area contributed by atoms with Crippen LogP contribution in [0.15, 0.2) is 27.1 Å². The lowest BCUT2D eigenvalue weighted by Gasteiger charge is -2.09. The molecule has 0 radical (unpaired) electrons. The molecule has 7 heteroatoms. The summed E-state index contributed by atoms with van der Waals surface area (Å²) in [6.07, 6.45) is 0.436. The molecule has 0 amide bonds. The summed E-state index contributed by atoms with van der Waals surface area (Å²) < 4.78 is 27.3. The Morgan fingerprint density at radius 2 is 2.00 bits per heavy atom. The summed E-state index contributed by atoms with van der Waals surface area (Å²) in [5.41, 5.74) is 0.526. The highest BCUT2D eigenvalue weighted by molar-refractivity contribution is 9.11. The summed E-state index contributed by atoms with van der Waals surface area (Å²) in [4.78, 5) is 0. The third-order valence-corrected chi connectivity index (χ3v) is 4.52. The second-order valence-electron chi connectivity index (χ2n) is 3.09. The number of anilines is 1. The number of nitrogens with one attached hydrogen (secondary N) is 1. The van der Waals surface area contributed by atoms with Gasteiger partial charge in [0.15, 0.2) is 0 Å². The monoisotopic (exact) mass is 389 g/mol. The Balaban J connectivity index is 2.80. The van der Waals surface area contributed by atoms with Crippen LogP contribution >= 0.6 is 43.5 Å². The van der Waals surface area contributed by atoms with Crippen molar-refractivity contribution in [1.29, 1.82) is 0 Å². The maximum Gasteiger partial charge on any atom is 0.232 e. The van der Waals surface area contributed by atoms with Gasteiger partial charge >= 0.3 is 0 Å². The summed E-state index contributed by atoms with van der Waals surface area (Å²) in [5, 5.41) is 0. The maximum atomic E-state index is 11.6. The zero-order valence-electron chi connectivity index (χ0n) is 8.21. The molecule has 0 atom stereocenters. The van der Waals surface area contributed by atoms with Gasteiger partial charge in [-0.2, -0.15) is 0 Å². The van der Waals surface area contributed by atoms with Crippen LogP contribution in [0.1, 0.15) is 6.42 Å². The molecule has 0 aliphatic heterocycles. The molecule has 0 heterocycles. The van der Waals surface area contributed by atoms with Crippen molar-refractivity contribution in [2.75, 3.05) is 16.4 Å². The van der Waals surface area contributed by atoms with Crippen LogP contribution in [0.25, 0.3) is 0 Å². The van der Waals surface area contributed by atoms with Gasteiger partial charge in [0.05, 0.1) is 11.4 Å². The van der Waals surface area contributed by atoms with Gasteiger partial charge in [0, 0.05) is 14.8 Å². The van der Waals surface area contributed by atoms with Gasteiger partial charge in [-0.1, -0.05) is 15.9 Å². The fourth-order valence-corrected chi connectivity index (χ4v) is 3.74.